The van der Waals surface area contributed by atoms with E-state index in [0.29, 0.717) is 6.61 Å². The highest BCUT2D eigenvalue weighted by Crippen LogP contribution is 2.25. The van der Waals surface area contributed by atoms with Gasteiger partial charge in [-0.3, -0.25) is 0 Å². The summed E-state index contributed by atoms with van der Waals surface area (Å²) in [5, 5.41) is 5.00. The number of hydrogen-bond donors (Lipinski definition) is 1. The first-order valence-corrected chi connectivity index (χ1v) is 12.0. The largest absolute Gasteiger partial charge is 0.489 e. The molecular formula is C25H36Cl2N2O. The molecule has 2 aromatic carbocycles. The van der Waals surface area contributed by atoms with Gasteiger partial charge in [0.15, 0.2) is 0 Å². The highest BCUT2D eigenvalue weighted by atomic mass is 35.5. The summed E-state index contributed by atoms with van der Waals surface area (Å²) in [5.41, 5.74) is 2.05. The van der Waals surface area contributed by atoms with E-state index in [-0.39, 0.29) is 0 Å². The Morgan fingerprint density at radius 2 is 1.57 bits per heavy atom. The van der Waals surface area contributed by atoms with Gasteiger partial charge in [0.25, 0.3) is 0 Å². The molecule has 0 aliphatic heterocycles. The van der Waals surface area contributed by atoms with Crippen molar-refractivity contribution >= 4 is 23.2 Å². The van der Waals surface area contributed by atoms with Crippen LogP contribution >= 0.6 is 23.2 Å². The van der Waals surface area contributed by atoms with E-state index >= 15 is 0 Å². The lowest BCUT2D eigenvalue weighted by molar-refractivity contribution is 0.260. The van der Waals surface area contributed by atoms with Gasteiger partial charge in [-0.05, 0) is 69.7 Å². The molecule has 0 amide bonds. The van der Waals surface area contributed by atoms with E-state index in [9.17, 15) is 0 Å². The van der Waals surface area contributed by atoms with Crippen LogP contribution in [0.25, 0.3) is 0 Å². The van der Waals surface area contributed by atoms with E-state index in [0.717, 1.165) is 53.0 Å². The van der Waals surface area contributed by atoms with Gasteiger partial charge in [0.2, 0.25) is 0 Å². The fraction of sp³-hybridized carbons (Fsp3) is 0.520. The Labute approximate surface area is 192 Å². The molecule has 3 nitrogen and oxygen atoms in total. The molecule has 2 aromatic rings. The Morgan fingerprint density at radius 1 is 0.867 bits per heavy atom. The molecule has 0 saturated heterocycles. The molecule has 5 heteroatoms. The maximum absolute atomic E-state index is 6.25. The molecule has 0 heterocycles. The van der Waals surface area contributed by atoms with Crippen LogP contribution in [-0.4, -0.2) is 31.1 Å². The van der Waals surface area contributed by atoms with Crippen molar-refractivity contribution < 1.29 is 4.74 Å². The van der Waals surface area contributed by atoms with Crippen LogP contribution in [0.15, 0.2) is 42.5 Å². The Balaban J connectivity index is 1.81. The van der Waals surface area contributed by atoms with Crippen LogP contribution < -0.4 is 10.1 Å². The molecule has 2 rings (SSSR count). The topological polar surface area (TPSA) is 24.5 Å². The summed E-state index contributed by atoms with van der Waals surface area (Å²) in [5.74, 6) is 0.847. The summed E-state index contributed by atoms with van der Waals surface area (Å²) in [6.45, 7) is 10.3. The van der Waals surface area contributed by atoms with Crippen molar-refractivity contribution in [2.24, 2.45) is 0 Å². The third-order valence-electron chi connectivity index (χ3n) is 5.16. The molecule has 0 fully saturated rings. The standard InChI is InChI=1S/C25H36Cl2N2O/c1-3-5-15-29(16-6-4-2)17-9-14-28-19-22-18-23(26)12-13-25(22)30-20-21-10-7-8-11-24(21)27/h7-8,10-13,18,28H,3-6,9,14-17,19-20H2,1-2H3. The van der Waals surface area contributed by atoms with Crippen molar-refractivity contribution in [1.82, 2.24) is 10.2 Å². The zero-order valence-electron chi connectivity index (χ0n) is 18.4. The van der Waals surface area contributed by atoms with Crippen molar-refractivity contribution in [3.05, 3.63) is 63.6 Å². The number of unbranched alkanes of at least 4 members (excludes halogenated alkanes) is 2. The van der Waals surface area contributed by atoms with Gasteiger partial charge in [-0.1, -0.05) is 68.1 Å². The molecule has 0 radical (unpaired) electrons. The quantitative estimate of drug-likeness (QED) is 0.297. The number of halogens is 2. The zero-order chi connectivity index (χ0) is 21.6. The average molecular weight is 451 g/mol. The van der Waals surface area contributed by atoms with Gasteiger partial charge in [-0.15, -0.1) is 0 Å². The number of benzene rings is 2. The number of rotatable bonds is 15. The van der Waals surface area contributed by atoms with Gasteiger partial charge in [-0.2, -0.15) is 0 Å². The van der Waals surface area contributed by atoms with Gasteiger partial charge in [0.05, 0.1) is 0 Å². The first-order valence-electron chi connectivity index (χ1n) is 11.2. The molecule has 0 atom stereocenters. The van der Waals surface area contributed by atoms with E-state index in [4.69, 9.17) is 27.9 Å². The lowest BCUT2D eigenvalue weighted by Crippen LogP contribution is -2.29. The summed E-state index contributed by atoms with van der Waals surface area (Å²) in [4.78, 5) is 2.60. The molecule has 0 unspecified atom stereocenters. The molecule has 0 aliphatic rings. The Hall–Kier alpha value is -1.26. The first-order chi connectivity index (χ1) is 14.6. The van der Waals surface area contributed by atoms with Gasteiger partial charge in [0, 0.05) is 27.7 Å². The van der Waals surface area contributed by atoms with Crippen LogP contribution in [0.2, 0.25) is 10.0 Å². The van der Waals surface area contributed by atoms with Gasteiger partial charge in [0.1, 0.15) is 12.4 Å². The van der Waals surface area contributed by atoms with Crippen LogP contribution in [0.5, 0.6) is 5.75 Å². The van der Waals surface area contributed by atoms with Gasteiger partial charge < -0.3 is 15.0 Å². The SMILES string of the molecule is CCCCN(CCCC)CCCNCc1cc(Cl)ccc1OCc1ccccc1Cl. The number of hydrogen-bond acceptors (Lipinski definition) is 3. The van der Waals surface area contributed by atoms with Crippen molar-refractivity contribution in [3.63, 3.8) is 0 Å². The van der Waals surface area contributed by atoms with Crippen molar-refractivity contribution in [2.45, 2.75) is 59.1 Å². The molecule has 0 bridgehead atoms. The second-order valence-electron chi connectivity index (χ2n) is 7.71. The van der Waals surface area contributed by atoms with E-state index in [1.165, 1.54) is 38.8 Å². The molecule has 0 spiro atoms. The third-order valence-corrected chi connectivity index (χ3v) is 5.77. The molecule has 1 N–H and O–H groups in total. The van der Waals surface area contributed by atoms with E-state index < -0.39 is 0 Å². The average Bonchev–Trinajstić information content (AvgIpc) is 2.75. The normalized spacial score (nSPS) is 11.2. The summed E-state index contributed by atoms with van der Waals surface area (Å²) >= 11 is 12.5. The lowest BCUT2D eigenvalue weighted by atomic mass is 10.2. The second kappa shape index (κ2) is 14.7. The molecule has 166 valence electrons. The first kappa shape index (κ1) is 25.0. The minimum Gasteiger partial charge on any atom is -0.489 e. The monoisotopic (exact) mass is 450 g/mol. The predicted molar refractivity (Wildman–Crippen MR) is 130 cm³/mol. The molecule has 0 aromatic heterocycles. The van der Waals surface area contributed by atoms with Crippen LogP contribution in [-0.2, 0) is 13.2 Å². The van der Waals surface area contributed by atoms with E-state index in [1.807, 2.05) is 42.5 Å². The summed E-state index contributed by atoms with van der Waals surface area (Å²) in [6.07, 6.45) is 6.22. The van der Waals surface area contributed by atoms with Gasteiger partial charge >= 0.3 is 0 Å². The highest BCUT2D eigenvalue weighted by molar-refractivity contribution is 6.31. The molecule has 30 heavy (non-hydrogen) atoms. The highest BCUT2D eigenvalue weighted by Gasteiger charge is 2.08. The lowest BCUT2D eigenvalue weighted by Gasteiger charge is -2.22. The van der Waals surface area contributed by atoms with Crippen LogP contribution in [0.4, 0.5) is 0 Å². The Bertz CT molecular complexity index is 731. The smallest absolute Gasteiger partial charge is 0.124 e. The maximum Gasteiger partial charge on any atom is 0.124 e. The van der Waals surface area contributed by atoms with Crippen LogP contribution in [0.3, 0.4) is 0 Å². The molecular weight excluding hydrogens is 415 g/mol. The number of ether oxygens (including phenoxy) is 1. The third kappa shape index (κ3) is 9.26. The Kier molecular flexibility index (Phi) is 12.2. The van der Waals surface area contributed by atoms with E-state index in [1.54, 1.807) is 0 Å². The van der Waals surface area contributed by atoms with Crippen molar-refractivity contribution in [3.8, 4) is 5.75 Å². The predicted octanol–water partition coefficient (Wildman–Crippen LogP) is 6.95. The fourth-order valence-corrected chi connectivity index (χ4v) is 3.73. The van der Waals surface area contributed by atoms with Crippen LogP contribution in [0, 0.1) is 0 Å². The summed E-state index contributed by atoms with van der Waals surface area (Å²) in [6, 6.07) is 13.5. The van der Waals surface area contributed by atoms with Crippen molar-refractivity contribution in [1.29, 1.82) is 0 Å². The minimum atomic E-state index is 0.443. The zero-order valence-corrected chi connectivity index (χ0v) is 19.9. The summed E-state index contributed by atoms with van der Waals surface area (Å²) in [7, 11) is 0. The molecule has 0 saturated carbocycles. The number of nitrogens with one attached hydrogen (secondary N) is 1. The summed E-state index contributed by atoms with van der Waals surface area (Å²) < 4.78 is 6.05. The fourth-order valence-electron chi connectivity index (χ4n) is 3.35. The van der Waals surface area contributed by atoms with Crippen molar-refractivity contribution in [2.75, 3.05) is 26.2 Å². The number of nitrogens with zero attached hydrogens (tertiary/aromatic N) is 1. The molecule has 0 aliphatic carbocycles. The van der Waals surface area contributed by atoms with Crippen LogP contribution in [0.1, 0.15) is 57.1 Å². The Morgan fingerprint density at radius 3 is 2.27 bits per heavy atom. The maximum atomic E-state index is 6.25. The van der Waals surface area contributed by atoms with E-state index in [2.05, 4.69) is 24.1 Å². The van der Waals surface area contributed by atoms with Gasteiger partial charge in [-0.25, -0.2) is 0 Å². The second-order valence-corrected chi connectivity index (χ2v) is 8.55. The minimum absolute atomic E-state index is 0.443.